The zero-order valence-corrected chi connectivity index (χ0v) is 14.7. The minimum absolute atomic E-state index is 0.0921. The third-order valence-electron chi connectivity index (χ3n) is 5.68. The van der Waals surface area contributed by atoms with Crippen molar-refractivity contribution in [1.29, 1.82) is 0 Å². The number of ether oxygens (including phenoxy) is 1. The third kappa shape index (κ3) is 3.69. The minimum atomic E-state index is 0.0921. The van der Waals surface area contributed by atoms with Gasteiger partial charge in [-0.2, -0.15) is 0 Å². The first-order chi connectivity index (χ1) is 12.3. The lowest BCUT2D eigenvalue weighted by atomic mass is 9.88. The van der Waals surface area contributed by atoms with Crippen LogP contribution in [0.25, 0.3) is 10.9 Å². The van der Waals surface area contributed by atoms with Crippen LogP contribution in [0.1, 0.15) is 31.2 Å². The van der Waals surface area contributed by atoms with Crippen LogP contribution in [0.3, 0.4) is 0 Å². The summed E-state index contributed by atoms with van der Waals surface area (Å²) < 4.78 is 5.48. The first kappa shape index (κ1) is 16.5. The molecule has 2 aromatic rings. The third-order valence-corrected chi connectivity index (χ3v) is 5.68. The Hall–Kier alpha value is -1.94. The molecule has 0 N–H and O–H groups in total. The van der Waals surface area contributed by atoms with Gasteiger partial charge >= 0.3 is 0 Å². The van der Waals surface area contributed by atoms with Gasteiger partial charge in [0.05, 0.1) is 18.0 Å². The van der Waals surface area contributed by atoms with Crippen molar-refractivity contribution in [3.05, 3.63) is 42.1 Å². The Morgan fingerprint density at radius 1 is 1.16 bits per heavy atom. The van der Waals surface area contributed by atoms with E-state index in [0.717, 1.165) is 57.3 Å². The van der Waals surface area contributed by atoms with E-state index in [1.54, 1.807) is 0 Å². The second-order valence-electron chi connectivity index (χ2n) is 7.37. The fourth-order valence-electron chi connectivity index (χ4n) is 4.20. The maximum absolute atomic E-state index is 12.6. The smallest absolute Gasteiger partial charge is 0.228 e. The number of benzene rings is 1. The molecule has 2 aliphatic rings. The van der Waals surface area contributed by atoms with Crippen molar-refractivity contribution in [2.75, 3.05) is 26.3 Å². The molecular weight excluding hydrogens is 312 g/mol. The predicted octanol–water partition coefficient (Wildman–Crippen LogP) is 3.44. The van der Waals surface area contributed by atoms with Crippen LogP contribution in [0.5, 0.6) is 0 Å². The first-order valence-electron chi connectivity index (χ1n) is 9.50. The molecule has 3 heterocycles. The number of amides is 1. The van der Waals surface area contributed by atoms with E-state index in [1.807, 2.05) is 12.3 Å². The van der Waals surface area contributed by atoms with Crippen LogP contribution in [0.4, 0.5) is 0 Å². The number of para-hydroxylation sites is 1. The Labute approximate surface area is 149 Å². The summed E-state index contributed by atoms with van der Waals surface area (Å²) in [4.78, 5) is 19.2. The molecule has 0 spiro atoms. The van der Waals surface area contributed by atoms with Gasteiger partial charge in [0.2, 0.25) is 5.91 Å². The van der Waals surface area contributed by atoms with Crippen molar-refractivity contribution in [3.63, 3.8) is 0 Å². The lowest BCUT2D eigenvalue weighted by molar-refractivity contribution is -0.141. The van der Waals surface area contributed by atoms with Crippen molar-refractivity contribution >= 4 is 16.8 Å². The molecule has 1 aromatic carbocycles. The Morgan fingerprint density at radius 2 is 2.00 bits per heavy atom. The number of fused-ring (bicyclic) bond motifs is 1. The maximum atomic E-state index is 12.6. The van der Waals surface area contributed by atoms with Crippen LogP contribution >= 0.6 is 0 Å². The Bertz CT molecular complexity index is 726. The summed E-state index contributed by atoms with van der Waals surface area (Å²) in [7, 11) is 0. The van der Waals surface area contributed by atoms with Crippen molar-refractivity contribution in [2.45, 2.75) is 32.1 Å². The van der Waals surface area contributed by atoms with Crippen LogP contribution in [-0.2, 0) is 16.0 Å². The normalized spacial score (nSPS) is 22.2. The van der Waals surface area contributed by atoms with Crippen molar-refractivity contribution in [2.24, 2.45) is 11.8 Å². The molecule has 1 atom stereocenters. The molecule has 4 heteroatoms. The van der Waals surface area contributed by atoms with Crippen LogP contribution in [0.2, 0.25) is 0 Å². The second-order valence-corrected chi connectivity index (χ2v) is 7.37. The summed E-state index contributed by atoms with van der Waals surface area (Å²) in [6.45, 7) is 3.21. The minimum Gasteiger partial charge on any atom is -0.381 e. The van der Waals surface area contributed by atoms with Crippen molar-refractivity contribution in [1.82, 2.24) is 9.88 Å². The van der Waals surface area contributed by atoms with E-state index in [-0.39, 0.29) is 5.92 Å². The van der Waals surface area contributed by atoms with Gasteiger partial charge in [-0.15, -0.1) is 0 Å². The van der Waals surface area contributed by atoms with Gasteiger partial charge in [-0.3, -0.25) is 9.78 Å². The molecule has 0 saturated carbocycles. The van der Waals surface area contributed by atoms with Crippen molar-refractivity contribution in [3.8, 4) is 0 Å². The summed E-state index contributed by atoms with van der Waals surface area (Å²) in [5, 5.41) is 1.27. The number of hydrogen-bond acceptors (Lipinski definition) is 3. The molecule has 4 nitrogen and oxygen atoms in total. The van der Waals surface area contributed by atoms with Crippen LogP contribution < -0.4 is 0 Å². The maximum Gasteiger partial charge on any atom is 0.228 e. The molecule has 0 unspecified atom stereocenters. The monoisotopic (exact) mass is 338 g/mol. The van der Waals surface area contributed by atoms with Gasteiger partial charge in [0.15, 0.2) is 0 Å². The summed E-state index contributed by atoms with van der Waals surface area (Å²) in [5.74, 6) is 1.06. The summed E-state index contributed by atoms with van der Waals surface area (Å²) in [5.41, 5.74) is 2.46. The highest BCUT2D eigenvalue weighted by atomic mass is 16.5. The fourth-order valence-corrected chi connectivity index (χ4v) is 4.20. The zero-order chi connectivity index (χ0) is 17.1. The predicted molar refractivity (Wildman–Crippen MR) is 98.3 cm³/mol. The van der Waals surface area contributed by atoms with E-state index in [0.29, 0.717) is 18.4 Å². The average Bonchev–Trinajstić information content (AvgIpc) is 2.69. The van der Waals surface area contributed by atoms with Crippen molar-refractivity contribution < 1.29 is 9.53 Å². The lowest BCUT2D eigenvalue weighted by Crippen LogP contribution is -2.44. The van der Waals surface area contributed by atoms with Gasteiger partial charge in [0.1, 0.15) is 0 Å². The molecule has 2 aliphatic heterocycles. The average molecular weight is 338 g/mol. The van der Waals surface area contributed by atoms with E-state index < -0.39 is 0 Å². The molecule has 0 bridgehead atoms. The lowest BCUT2D eigenvalue weighted by Gasteiger charge is -2.35. The van der Waals surface area contributed by atoms with E-state index in [2.05, 4.69) is 34.1 Å². The van der Waals surface area contributed by atoms with E-state index in [4.69, 9.17) is 4.74 Å². The largest absolute Gasteiger partial charge is 0.381 e. The molecule has 25 heavy (non-hydrogen) atoms. The number of aromatic nitrogens is 1. The summed E-state index contributed by atoms with van der Waals surface area (Å²) in [6, 6.07) is 10.5. The number of hydrogen-bond donors (Lipinski definition) is 0. The molecule has 1 aromatic heterocycles. The van der Waals surface area contributed by atoms with E-state index >= 15 is 0 Å². The van der Waals surface area contributed by atoms with Gasteiger partial charge in [-0.05, 0) is 55.7 Å². The zero-order valence-electron chi connectivity index (χ0n) is 14.7. The fraction of sp³-hybridized carbons (Fsp3) is 0.524. The van der Waals surface area contributed by atoms with Crippen LogP contribution in [0, 0.1) is 11.8 Å². The van der Waals surface area contributed by atoms with Gasteiger partial charge in [-0.1, -0.05) is 18.2 Å². The quantitative estimate of drug-likeness (QED) is 0.861. The highest BCUT2D eigenvalue weighted by Gasteiger charge is 2.29. The molecule has 4 rings (SSSR count). The number of carbonyl (C=O) groups is 1. The number of likely N-dealkylation sites (tertiary alicyclic amines) is 1. The molecule has 1 amide bonds. The van der Waals surface area contributed by atoms with Crippen LogP contribution in [0.15, 0.2) is 36.5 Å². The summed E-state index contributed by atoms with van der Waals surface area (Å²) in [6.07, 6.45) is 7.19. The first-order valence-corrected chi connectivity index (χ1v) is 9.50. The van der Waals surface area contributed by atoms with Gasteiger partial charge in [-0.25, -0.2) is 0 Å². The highest BCUT2D eigenvalue weighted by molar-refractivity contribution is 5.82. The molecule has 2 saturated heterocycles. The highest BCUT2D eigenvalue weighted by Crippen LogP contribution is 2.27. The number of carbonyl (C=O) groups excluding carboxylic acids is 1. The van der Waals surface area contributed by atoms with E-state index in [1.165, 1.54) is 10.9 Å². The van der Waals surface area contributed by atoms with Gasteiger partial charge in [0, 0.05) is 31.3 Å². The SMILES string of the molecule is O=C([C@H]1CCCOC1)N1CCC(Cc2ccnc3ccccc23)CC1. The standard InChI is InChI=1S/C21H26N2O2/c24-21(18-4-3-13-25-15-18)23-11-8-16(9-12-23)14-17-7-10-22-20-6-2-1-5-19(17)20/h1-2,5-7,10,16,18H,3-4,8-9,11-15H2/t18-/m0/s1. The Kier molecular flexibility index (Phi) is 4.97. The topological polar surface area (TPSA) is 42.4 Å². The molecular formula is C21H26N2O2. The molecule has 0 radical (unpaired) electrons. The van der Waals surface area contributed by atoms with Gasteiger partial charge < -0.3 is 9.64 Å². The van der Waals surface area contributed by atoms with Gasteiger partial charge in [0.25, 0.3) is 0 Å². The number of pyridine rings is 1. The Morgan fingerprint density at radius 3 is 2.80 bits per heavy atom. The molecule has 0 aliphatic carbocycles. The number of rotatable bonds is 3. The number of nitrogens with zero attached hydrogens (tertiary/aromatic N) is 2. The van der Waals surface area contributed by atoms with Crippen LogP contribution in [-0.4, -0.2) is 42.1 Å². The second kappa shape index (κ2) is 7.52. The summed E-state index contributed by atoms with van der Waals surface area (Å²) >= 11 is 0. The molecule has 2 fully saturated rings. The molecule has 132 valence electrons. The number of piperidine rings is 1. The van der Waals surface area contributed by atoms with E-state index in [9.17, 15) is 4.79 Å². The Balaban J connectivity index is 1.36.